The molecule has 6 rings (SSSR count). The largest absolute Gasteiger partial charge is 0.465 e. The number of carbonyl (C=O) groups excluding carboxylic acids is 1. The van der Waals surface area contributed by atoms with Crippen LogP contribution in [-0.2, 0) is 23.7 Å². The van der Waals surface area contributed by atoms with Gasteiger partial charge in [0.25, 0.3) is 0 Å². The maximum absolute atomic E-state index is 12.5. The predicted molar refractivity (Wildman–Crippen MR) is 533 cm³/mol. The molecule has 118 heavy (non-hydrogen) atoms. The number of rotatable bonds is 48. The fourth-order valence-electron chi connectivity index (χ4n) is 16.4. The van der Waals surface area contributed by atoms with Crippen molar-refractivity contribution in [2.24, 2.45) is 76.4 Å². The second-order valence-corrected chi connectivity index (χ2v) is 40.3. The van der Waals surface area contributed by atoms with Crippen molar-refractivity contribution in [3.05, 3.63) is 117 Å². The van der Waals surface area contributed by atoms with E-state index in [9.17, 15) is 4.79 Å². The van der Waals surface area contributed by atoms with Gasteiger partial charge in [0.05, 0.1) is 24.7 Å². The van der Waals surface area contributed by atoms with Crippen molar-refractivity contribution in [1.82, 2.24) is 0 Å². The quantitative estimate of drug-likeness (QED) is 0.0326. The van der Waals surface area contributed by atoms with E-state index in [0.717, 1.165) is 132 Å². The molecule has 0 aromatic heterocycles. The van der Waals surface area contributed by atoms with Gasteiger partial charge in [-0.3, -0.25) is 4.79 Å². The molecule has 5 heteroatoms. The van der Waals surface area contributed by atoms with Crippen LogP contribution in [0.15, 0.2) is 72.8 Å². The lowest BCUT2D eigenvalue weighted by Gasteiger charge is -2.30. The molecule has 0 saturated carbocycles. The highest BCUT2D eigenvalue weighted by atomic mass is 16.5. The van der Waals surface area contributed by atoms with Crippen LogP contribution in [-0.4, -0.2) is 51.7 Å². The normalized spacial score (nSPS) is 12.8. The van der Waals surface area contributed by atoms with Crippen molar-refractivity contribution >= 4 is 5.97 Å². The number of unbranched alkanes of at least 4 members (excludes halogenated alkanes) is 5. The molecule has 0 saturated heterocycles. The van der Waals surface area contributed by atoms with Gasteiger partial charge in [0.15, 0.2) is 0 Å². The second kappa shape index (κ2) is 69.5. The topological polar surface area (TPSA) is 54.0 Å². The Bertz CT molecular complexity index is 2870. The molecule has 0 fully saturated rings. The molecule has 4 aromatic carbocycles. The summed E-state index contributed by atoms with van der Waals surface area (Å²) < 4.78 is 23.4. The van der Waals surface area contributed by atoms with Gasteiger partial charge in [-0.2, -0.15) is 0 Å². The molecular formula is C113H206O5. The molecule has 5 nitrogen and oxygen atoms in total. The summed E-state index contributed by atoms with van der Waals surface area (Å²) in [5.41, 5.74) is 17.6. The van der Waals surface area contributed by atoms with Gasteiger partial charge in [-0.15, -0.1) is 0 Å². The highest BCUT2D eigenvalue weighted by Crippen LogP contribution is 2.51. The van der Waals surface area contributed by atoms with Crippen molar-refractivity contribution < 1.29 is 23.7 Å². The van der Waals surface area contributed by atoms with Crippen LogP contribution < -0.4 is 0 Å². The standard InChI is InChI=1S/C24H50O3.C23H30.C22H28.C20H40O2.C16H34.4C2H6/c1-21(2)12-9-17-25-16-8-7-15-24(27-19-11-14-23(5)6)20-26-18-10-13-22(3)4;1-14(2)11-21-22-12-17(15(3)4)7-9-19(22)20-10-8-18(16(5)6)13-23(20)21;1-13(2)16-7-9-18-19-10-8-17(14(3)4)12-21(19)22(15(5)6)20(18)11-16;1-16(2)12-10-8-9-11-13-22-19(21)20(7,14-17(3)4)15-18(5)6;1-13(2)9-7-8-10-16(15(5)6)12-11-14(3)4;4*1-2/h21-24H,7-20H2,1-6H3;7-10,12-16,21H,11H2,1-6H3;7-15,22H,1-6H3;16-18H,8-15H2,1-7H3;13-16H,7-12H2,1-6H3;4*1-2H3. The molecule has 0 N–H and O–H groups in total. The van der Waals surface area contributed by atoms with Gasteiger partial charge in [-0.05, 0) is 258 Å². The zero-order chi connectivity index (χ0) is 90.8. The third kappa shape index (κ3) is 51.5. The smallest absolute Gasteiger partial charge is 0.311 e. The van der Waals surface area contributed by atoms with E-state index in [2.05, 4.69) is 287 Å². The van der Waals surface area contributed by atoms with E-state index in [1.54, 1.807) is 11.1 Å². The first-order chi connectivity index (χ1) is 55.8. The third-order valence-electron chi connectivity index (χ3n) is 22.9. The van der Waals surface area contributed by atoms with E-state index in [4.69, 9.17) is 18.9 Å². The van der Waals surface area contributed by atoms with E-state index in [0.29, 0.717) is 65.8 Å². The minimum Gasteiger partial charge on any atom is -0.465 e. The van der Waals surface area contributed by atoms with Crippen LogP contribution in [0, 0.1) is 76.4 Å². The number of hydrogen-bond donors (Lipinski definition) is 0. The number of fused-ring (bicyclic) bond motifs is 6. The highest BCUT2D eigenvalue weighted by Gasteiger charge is 2.37. The Labute approximate surface area is 740 Å². The first-order valence-electron chi connectivity index (χ1n) is 50.3. The van der Waals surface area contributed by atoms with E-state index in [-0.39, 0.29) is 17.5 Å². The van der Waals surface area contributed by atoms with E-state index in [1.165, 1.54) is 152 Å². The Hall–Kier alpha value is -3.77. The SMILES string of the molecule is CC.CC.CC.CC.CC(C)CC1c2cc(C(C)C)ccc2-c2ccc(C(C)C)cc21.CC(C)CCCCC(CCC(C)C)C(C)C.CC(C)CCCCCCOC(=O)C(C)(CC(C)C)CC(C)C.CC(C)CCCOCCCCC(COCCCC(C)C)OCCCC(C)C.CC(C)c1ccc2c(c1)C(C(C)C)c1cc(C(C)C)ccc1-2. The molecule has 0 spiro atoms. The minimum absolute atomic E-state index is 0.0112. The first-order valence-corrected chi connectivity index (χ1v) is 50.3. The van der Waals surface area contributed by atoms with Crippen LogP contribution in [0.3, 0.4) is 0 Å². The maximum Gasteiger partial charge on any atom is 0.311 e. The summed E-state index contributed by atoms with van der Waals surface area (Å²) in [6.45, 7) is 91.7. The van der Waals surface area contributed by atoms with E-state index >= 15 is 0 Å². The minimum atomic E-state index is -0.319. The van der Waals surface area contributed by atoms with E-state index < -0.39 is 0 Å². The van der Waals surface area contributed by atoms with Gasteiger partial charge in [0, 0.05) is 38.3 Å². The lowest BCUT2D eigenvalue weighted by Crippen LogP contribution is -2.33. The fraction of sp³-hybridized carbons (Fsp3) is 0.779. The summed E-state index contributed by atoms with van der Waals surface area (Å²) in [5.74, 6) is 12.6. The molecule has 0 radical (unpaired) electrons. The van der Waals surface area contributed by atoms with Crippen molar-refractivity contribution in [2.45, 2.75) is 459 Å². The molecule has 4 aromatic rings. The third-order valence-corrected chi connectivity index (χ3v) is 22.9. The predicted octanol–water partition coefficient (Wildman–Crippen LogP) is 36.9. The number of carbonyl (C=O) groups is 1. The lowest BCUT2D eigenvalue weighted by molar-refractivity contribution is -0.157. The second-order valence-electron chi connectivity index (χ2n) is 40.3. The monoisotopic (exact) mass is 1640 g/mol. The van der Waals surface area contributed by atoms with Crippen LogP contribution in [0.4, 0.5) is 0 Å². The van der Waals surface area contributed by atoms with Crippen molar-refractivity contribution in [3.8, 4) is 22.3 Å². The van der Waals surface area contributed by atoms with Crippen LogP contribution >= 0.6 is 0 Å². The zero-order valence-electron chi connectivity index (χ0n) is 86.4. The van der Waals surface area contributed by atoms with Gasteiger partial charge in [-0.1, -0.05) is 394 Å². The Morgan fingerprint density at radius 3 is 1.01 bits per heavy atom. The highest BCUT2D eigenvalue weighted by molar-refractivity contribution is 5.81. The summed E-state index contributed by atoms with van der Waals surface area (Å²) in [4.78, 5) is 12.5. The zero-order valence-corrected chi connectivity index (χ0v) is 86.4. The molecule has 0 amide bonds. The molecule has 0 aliphatic heterocycles. The molecule has 0 heterocycles. The van der Waals surface area contributed by atoms with Crippen molar-refractivity contribution in [1.29, 1.82) is 0 Å². The first kappa shape index (κ1) is 118. The van der Waals surface area contributed by atoms with Crippen molar-refractivity contribution in [3.63, 3.8) is 0 Å². The molecule has 2 unspecified atom stereocenters. The lowest BCUT2D eigenvalue weighted by atomic mass is 9.76. The van der Waals surface area contributed by atoms with E-state index in [1.807, 2.05) is 55.4 Å². The molecule has 0 bridgehead atoms. The Balaban J connectivity index is -0.00000138. The summed E-state index contributed by atoms with van der Waals surface area (Å²) in [6.07, 6.45) is 28.6. The summed E-state index contributed by atoms with van der Waals surface area (Å²) in [6, 6.07) is 28.5. The number of hydrogen-bond acceptors (Lipinski definition) is 5. The van der Waals surface area contributed by atoms with Gasteiger partial charge in [0.2, 0.25) is 0 Å². The summed E-state index contributed by atoms with van der Waals surface area (Å²) >= 11 is 0. The van der Waals surface area contributed by atoms with Crippen LogP contribution in [0.2, 0.25) is 0 Å². The molecule has 2 atom stereocenters. The van der Waals surface area contributed by atoms with Gasteiger partial charge in [0.1, 0.15) is 0 Å². The van der Waals surface area contributed by atoms with Crippen LogP contribution in [0.5, 0.6) is 0 Å². The Morgan fingerprint density at radius 2 is 0.644 bits per heavy atom. The average molecular weight is 1640 g/mol. The average Bonchev–Trinajstić information content (AvgIpc) is 1.61. The molecule has 2 aliphatic rings. The fourth-order valence-corrected chi connectivity index (χ4v) is 16.4. The Morgan fingerprint density at radius 1 is 0.322 bits per heavy atom. The van der Waals surface area contributed by atoms with Gasteiger partial charge < -0.3 is 18.9 Å². The van der Waals surface area contributed by atoms with Crippen molar-refractivity contribution in [2.75, 3.05) is 39.6 Å². The Kier molecular flexibility index (Phi) is 69.7. The molecular weight excluding hydrogens is 1440 g/mol. The number of ether oxygens (including phenoxy) is 4. The summed E-state index contributed by atoms with van der Waals surface area (Å²) in [7, 11) is 0. The van der Waals surface area contributed by atoms with Crippen LogP contribution in [0.25, 0.3) is 22.3 Å². The van der Waals surface area contributed by atoms with Gasteiger partial charge in [-0.25, -0.2) is 0 Å². The number of benzene rings is 4. The van der Waals surface area contributed by atoms with Gasteiger partial charge >= 0.3 is 5.97 Å². The maximum atomic E-state index is 12.5. The van der Waals surface area contributed by atoms with Crippen LogP contribution in [0.1, 0.15) is 498 Å². The number of esters is 1. The molecule has 688 valence electrons. The molecule has 2 aliphatic carbocycles. The summed E-state index contributed by atoms with van der Waals surface area (Å²) in [5, 5.41) is 0.